The second kappa shape index (κ2) is 5.14. The van der Waals surface area contributed by atoms with E-state index in [-0.39, 0.29) is 6.04 Å². The van der Waals surface area contributed by atoms with Crippen LogP contribution in [0.4, 0.5) is 0 Å². The molecule has 0 spiro atoms. The molecular weight excluding hydrogens is 188 g/mol. The number of hydrogen-bond acceptors (Lipinski definition) is 3. The van der Waals surface area contributed by atoms with Gasteiger partial charge in [-0.3, -0.25) is 9.69 Å². The van der Waals surface area contributed by atoms with Gasteiger partial charge in [0.25, 0.3) is 0 Å². The third-order valence-electron chi connectivity index (χ3n) is 1.86. The Balaban J connectivity index is 4.41. The molecule has 76 valence electrons. The van der Waals surface area contributed by atoms with E-state index in [1.54, 1.807) is 11.8 Å². The summed E-state index contributed by atoms with van der Waals surface area (Å²) in [6, 6.07) is -0.436. The molecule has 0 radical (unpaired) electrons. The van der Waals surface area contributed by atoms with Crippen molar-refractivity contribution >= 4 is 23.2 Å². The third kappa shape index (κ3) is 4.19. The molecule has 5 heteroatoms. The molecule has 0 amide bonds. The topological polar surface area (TPSA) is 66.6 Å². The van der Waals surface area contributed by atoms with Gasteiger partial charge < -0.3 is 10.8 Å². The normalized spacial score (nSPS) is 13.3. The first-order valence-corrected chi connectivity index (χ1v) is 4.54. The summed E-state index contributed by atoms with van der Waals surface area (Å²) in [5, 5.41) is 8.79. The SMILES string of the molecule is CC(C)N(CC(N)=S)C(C)C(=O)O. The zero-order chi connectivity index (χ0) is 10.6. The average molecular weight is 204 g/mol. The highest BCUT2D eigenvalue weighted by molar-refractivity contribution is 7.80. The third-order valence-corrected chi connectivity index (χ3v) is 1.99. The average Bonchev–Trinajstić information content (AvgIpc) is 1.97. The fourth-order valence-electron chi connectivity index (χ4n) is 1.09. The molecule has 0 fully saturated rings. The minimum absolute atomic E-state index is 0.118. The maximum atomic E-state index is 10.7. The highest BCUT2D eigenvalue weighted by Crippen LogP contribution is 2.04. The van der Waals surface area contributed by atoms with E-state index in [4.69, 9.17) is 23.1 Å². The summed E-state index contributed by atoms with van der Waals surface area (Å²) in [5.74, 6) is -0.857. The molecule has 0 aliphatic carbocycles. The number of hydrogen-bond donors (Lipinski definition) is 2. The van der Waals surface area contributed by atoms with Gasteiger partial charge in [0.15, 0.2) is 0 Å². The number of nitrogens with zero attached hydrogens (tertiary/aromatic N) is 1. The largest absolute Gasteiger partial charge is 0.480 e. The molecule has 0 bridgehead atoms. The highest BCUT2D eigenvalue weighted by atomic mass is 32.1. The molecule has 13 heavy (non-hydrogen) atoms. The number of thiocarbonyl (C=S) groups is 1. The van der Waals surface area contributed by atoms with Crippen LogP contribution in [0, 0.1) is 0 Å². The minimum Gasteiger partial charge on any atom is -0.480 e. The van der Waals surface area contributed by atoms with E-state index < -0.39 is 12.0 Å². The first-order valence-electron chi connectivity index (χ1n) is 4.13. The Kier molecular flexibility index (Phi) is 4.87. The summed E-state index contributed by atoms with van der Waals surface area (Å²) in [6.07, 6.45) is 0. The van der Waals surface area contributed by atoms with Crippen LogP contribution in [0.15, 0.2) is 0 Å². The van der Waals surface area contributed by atoms with Gasteiger partial charge in [-0.15, -0.1) is 0 Å². The monoisotopic (exact) mass is 204 g/mol. The zero-order valence-electron chi connectivity index (χ0n) is 8.15. The van der Waals surface area contributed by atoms with Crippen LogP contribution in [0.3, 0.4) is 0 Å². The molecule has 0 rings (SSSR count). The molecule has 0 saturated heterocycles. The first-order chi connectivity index (χ1) is 5.86. The van der Waals surface area contributed by atoms with Gasteiger partial charge in [0, 0.05) is 12.6 Å². The first kappa shape index (κ1) is 12.3. The Labute approximate surface area is 83.7 Å². The predicted molar refractivity (Wildman–Crippen MR) is 55.7 cm³/mol. The number of carboxylic acid groups (broad SMARTS) is 1. The number of rotatable bonds is 5. The summed E-state index contributed by atoms with van der Waals surface area (Å²) >= 11 is 4.74. The Hall–Kier alpha value is -0.680. The van der Waals surface area contributed by atoms with Crippen molar-refractivity contribution in [1.29, 1.82) is 0 Å². The number of aliphatic carboxylic acids is 1. The van der Waals surface area contributed by atoms with Crippen molar-refractivity contribution in [2.24, 2.45) is 5.73 Å². The van der Waals surface area contributed by atoms with Crippen LogP contribution in [0.1, 0.15) is 20.8 Å². The summed E-state index contributed by atoms with van der Waals surface area (Å²) in [6.45, 7) is 5.80. The predicted octanol–water partition coefficient (Wildman–Crippen LogP) is 0.456. The van der Waals surface area contributed by atoms with E-state index in [1.165, 1.54) is 0 Å². The van der Waals surface area contributed by atoms with Crippen molar-refractivity contribution in [2.45, 2.75) is 32.9 Å². The molecule has 1 atom stereocenters. The van der Waals surface area contributed by atoms with Crippen LogP contribution >= 0.6 is 12.2 Å². The maximum Gasteiger partial charge on any atom is 0.320 e. The number of nitrogens with two attached hydrogens (primary N) is 1. The molecular formula is C8H16N2O2S. The maximum absolute atomic E-state index is 10.7. The van der Waals surface area contributed by atoms with Crippen molar-refractivity contribution in [2.75, 3.05) is 6.54 Å². The van der Waals surface area contributed by atoms with Gasteiger partial charge in [0.05, 0.1) is 4.99 Å². The Bertz CT molecular complexity index is 206. The van der Waals surface area contributed by atoms with Crippen molar-refractivity contribution < 1.29 is 9.90 Å². The molecule has 1 unspecified atom stereocenters. The van der Waals surface area contributed by atoms with Gasteiger partial charge in [-0.05, 0) is 20.8 Å². The summed E-state index contributed by atoms with van der Waals surface area (Å²) in [4.78, 5) is 12.8. The van der Waals surface area contributed by atoms with Crippen molar-refractivity contribution in [3.8, 4) is 0 Å². The summed E-state index contributed by atoms with van der Waals surface area (Å²) in [7, 11) is 0. The van der Waals surface area contributed by atoms with Crippen molar-refractivity contribution in [3.05, 3.63) is 0 Å². The van der Waals surface area contributed by atoms with Crippen LogP contribution in [0.2, 0.25) is 0 Å². The van der Waals surface area contributed by atoms with Crippen LogP contribution in [-0.4, -0.2) is 39.6 Å². The second-order valence-corrected chi connectivity index (χ2v) is 3.77. The van der Waals surface area contributed by atoms with Crippen LogP contribution < -0.4 is 5.73 Å². The van der Waals surface area contributed by atoms with Crippen molar-refractivity contribution in [1.82, 2.24) is 4.90 Å². The quantitative estimate of drug-likeness (QED) is 0.637. The molecule has 0 aromatic carbocycles. The van der Waals surface area contributed by atoms with Crippen LogP contribution in [0.5, 0.6) is 0 Å². The van der Waals surface area contributed by atoms with Gasteiger partial charge in [0.2, 0.25) is 0 Å². The van der Waals surface area contributed by atoms with Gasteiger partial charge in [-0.25, -0.2) is 0 Å². The van der Waals surface area contributed by atoms with Gasteiger partial charge >= 0.3 is 5.97 Å². The fourth-order valence-corrected chi connectivity index (χ4v) is 1.24. The Morgan fingerprint density at radius 1 is 1.54 bits per heavy atom. The van der Waals surface area contributed by atoms with Gasteiger partial charge in [-0.1, -0.05) is 12.2 Å². The number of carbonyl (C=O) groups is 1. The van der Waals surface area contributed by atoms with Gasteiger partial charge in [-0.2, -0.15) is 0 Å². The number of carboxylic acids is 1. The van der Waals surface area contributed by atoms with Crippen molar-refractivity contribution in [3.63, 3.8) is 0 Å². The molecule has 4 nitrogen and oxygen atoms in total. The molecule has 0 aromatic rings. The standard InChI is InChI=1S/C8H16N2O2S/c1-5(2)10(4-7(9)13)6(3)8(11)12/h5-6H,4H2,1-3H3,(H2,9,13)(H,11,12). The molecule has 0 aliphatic heterocycles. The van der Waals surface area contributed by atoms with E-state index in [9.17, 15) is 4.79 Å². The van der Waals surface area contributed by atoms with E-state index in [0.717, 1.165) is 0 Å². The molecule has 3 N–H and O–H groups in total. The van der Waals surface area contributed by atoms with E-state index in [0.29, 0.717) is 11.5 Å². The van der Waals surface area contributed by atoms with Gasteiger partial charge in [0.1, 0.15) is 6.04 Å². The second-order valence-electron chi connectivity index (χ2n) is 3.25. The lowest BCUT2D eigenvalue weighted by atomic mass is 10.2. The van der Waals surface area contributed by atoms with Crippen LogP contribution in [0.25, 0.3) is 0 Å². The molecule has 0 aliphatic rings. The van der Waals surface area contributed by atoms with Crippen LogP contribution in [-0.2, 0) is 4.79 Å². The lowest BCUT2D eigenvalue weighted by Crippen LogP contribution is -2.47. The van der Waals surface area contributed by atoms with E-state index in [1.807, 2.05) is 13.8 Å². The Morgan fingerprint density at radius 2 is 2.00 bits per heavy atom. The summed E-state index contributed by atoms with van der Waals surface area (Å²) in [5.41, 5.74) is 5.37. The fraction of sp³-hybridized carbons (Fsp3) is 0.750. The lowest BCUT2D eigenvalue weighted by Gasteiger charge is -2.29. The molecule has 0 aromatic heterocycles. The highest BCUT2D eigenvalue weighted by Gasteiger charge is 2.23. The molecule has 0 saturated carbocycles. The summed E-state index contributed by atoms with van der Waals surface area (Å²) < 4.78 is 0. The lowest BCUT2D eigenvalue weighted by molar-refractivity contribution is -0.143. The molecule has 0 heterocycles. The smallest absolute Gasteiger partial charge is 0.320 e. The minimum atomic E-state index is -0.857. The van der Waals surface area contributed by atoms with E-state index in [2.05, 4.69) is 0 Å². The Morgan fingerprint density at radius 3 is 2.23 bits per heavy atom. The van der Waals surface area contributed by atoms with E-state index >= 15 is 0 Å². The zero-order valence-corrected chi connectivity index (χ0v) is 8.97.